The van der Waals surface area contributed by atoms with Crippen LogP contribution in [0.3, 0.4) is 0 Å². The fourth-order valence-corrected chi connectivity index (χ4v) is 3.51. The highest BCUT2D eigenvalue weighted by atomic mass is 32.2. The van der Waals surface area contributed by atoms with E-state index in [0.717, 1.165) is 0 Å². The number of amides is 1. The molecule has 26 heavy (non-hydrogen) atoms. The van der Waals surface area contributed by atoms with Crippen molar-refractivity contribution in [2.75, 3.05) is 11.1 Å². The number of rotatable bonds is 7. The van der Waals surface area contributed by atoms with Gasteiger partial charge in [0.2, 0.25) is 0 Å². The van der Waals surface area contributed by atoms with E-state index >= 15 is 0 Å². The number of hydrogen-bond acceptors (Lipinski definition) is 7. The topological polar surface area (TPSA) is 96.3 Å². The number of nitriles is 1. The molecule has 6 nitrogen and oxygen atoms in total. The normalized spacial score (nSPS) is 11.3. The standard InChI is InChI=1S/C18H16N2O4S2/c1-11(21)10-26-15-6-4-3-5-14(15)18(23)24-12(2)16(22)20-17-13(9-19)7-8-25-17/h3-8,12H,10H2,1-2H3,(H,20,22)/t12-/m0/s1. The van der Waals surface area contributed by atoms with E-state index in [4.69, 9.17) is 10.00 Å². The minimum atomic E-state index is -1.04. The molecule has 0 unspecified atom stereocenters. The molecule has 0 aliphatic rings. The first-order valence-electron chi connectivity index (χ1n) is 7.63. The van der Waals surface area contributed by atoms with Gasteiger partial charge in [-0.3, -0.25) is 9.59 Å². The maximum absolute atomic E-state index is 12.4. The number of esters is 1. The number of nitrogens with zero attached hydrogens (tertiary/aromatic N) is 1. The van der Waals surface area contributed by atoms with Crippen molar-refractivity contribution in [3.63, 3.8) is 0 Å². The van der Waals surface area contributed by atoms with Crippen molar-refractivity contribution in [2.45, 2.75) is 24.8 Å². The second-order valence-electron chi connectivity index (χ2n) is 5.30. The Bertz CT molecular complexity index is 870. The number of thioether (sulfide) groups is 1. The van der Waals surface area contributed by atoms with Crippen LogP contribution in [0, 0.1) is 11.3 Å². The summed E-state index contributed by atoms with van der Waals surface area (Å²) in [6, 6.07) is 10.3. The van der Waals surface area contributed by atoms with Gasteiger partial charge in [-0.05, 0) is 37.4 Å². The minimum absolute atomic E-state index is 0.00448. The molecule has 1 aromatic carbocycles. The number of anilines is 1. The zero-order valence-electron chi connectivity index (χ0n) is 14.1. The Morgan fingerprint density at radius 2 is 2.04 bits per heavy atom. The quantitative estimate of drug-likeness (QED) is 0.576. The molecule has 0 saturated heterocycles. The summed E-state index contributed by atoms with van der Waals surface area (Å²) in [6.07, 6.45) is -1.04. The number of benzene rings is 1. The van der Waals surface area contributed by atoms with Crippen LogP contribution in [0.1, 0.15) is 29.8 Å². The molecule has 1 amide bonds. The van der Waals surface area contributed by atoms with Gasteiger partial charge in [0.15, 0.2) is 6.10 Å². The summed E-state index contributed by atoms with van der Waals surface area (Å²) < 4.78 is 5.24. The molecule has 1 N–H and O–H groups in total. The second-order valence-corrected chi connectivity index (χ2v) is 7.23. The van der Waals surface area contributed by atoms with Crippen molar-refractivity contribution in [2.24, 2.45) is 0 Å². The van der Waals surface area contributed by atoms with Gasteiger partial charge in [0, 0.05) is 4.90 Å². The van der Waals surface area contributed by atoms with Crippen LogP contribution in [0.15, 0.2) is 40.6 Å². The zero-order valence-corrected chi connectivity index (χ0v) is 15.8. The van der Waals surface area contributed by atoms with Gasteiger partial charge < -0.3 is 10.1 Å². The Kier molecular flexibility index (Phi) is 6.95. The van der Waals surface area contributed by atoms with Crippen molar-refractivity contribution in [1.29, 1.82) is 5.26 Å². The van der Waals surface area contributed by atoms with Crippen LogP contribution in [0.5, 0.6) is 0 Å². The summed E-state index contributed by atoms with van der Waals surface area (Å²) in [5.74, 6) is -0.928. The molecule has 0 bridgehead atoms. The molecule has 0 saturated carbocycles. The average molecular weight is 388 g/mol. The van der Waals surface area contributed by atoms with E-state index in [1.54, 1.807) is 35.7 Å². The molecule has 1 aromatic heterocycles. The molecule has 1 heterocycles. The molecule has 0 radical (unpaired) electrons. The number of ketones is 1. The first-order chi connectivity index (χ1) is 12.4. The molecule has 0 fully saturated rings. The fraction of sp³-hybridized carbons (Fsp3) is 0.222. The lowest BCUT2D eigenvalue weighted by atomic mass is 10.2. The predicted octanol–water partition coefficient (Wildman–Crippen LogP) is 3.48. The second kappa shape index (κ2) is 9.17. The lowest BCUT2D eigenvalue weighted by Crippen LogP contribution is -2.30. The van der Waals surface area contributed by atoms with Crippen molar-refractivity contribution in [3.05, 3.63) is 46.8 Å². The summed E-state index contributed by atoms with van der Waals surface area (Å²) in [6.45, 7) is 2.93. The van der Waals surface area contributed by atoms with E-state index in [0.29, 0.717) is 21.0 Å². The first-order valence-corrected chi connectivity index (χ1v) is 9.49. The summed E-state index contributed by atoms with van der Waals surface area (Å²) in [7, 11) is 0. The number of carbonyl (C=O) groups is 3. The van der Waals surface area contributed by atoms with Crippen molar-refractivity contribution in [3.8, 4) is 6.07 Å². The summed E-state index contributed by atoms with van der Waals surface area (Å²) in [5.41, 5.74) is 0.653. The van der Waals surface area contributed by atoms with Gasteiger partial charge in [-0.1, -0.05) is 12.1 Å². The predicted molar refractivity (Wildman–Crippen MR) is 100 cm³/mol. The average Bonchev–Trinajstić information content (AvgIpc) is 3.07. The van der Waals surface area contributed by atoms with Gasteiger partial charge >= 0.3 is 5.97 Å². The fourth-order valence-electron chi connectivity index (χ4n) is 1.93. The van der Waals surface area contributed by atoms with Crippen molar-refractivity contribution < 1.29 is 19.1 Å². The maximum atomic E-state index is 12.4. The highest BCUT2D eigenvalue weighted by molar-refractivity contribution is 8.00. The molecular weight excluding hydrogens is 372 g/mol. The molecule has 1 atom stereocenters. The van der Waals surface area contributed by atoms with E-state index < -0.39 is 18.0 Å². The van der Waals surface area contributed by atoms with Crippen LogP contribution in [-0.4, -0.2) is 29.5 Å². The third-order valence-corrected chi connectivity index (χ3v) is 5.26. The maximum Gasteiger partial charge on any atom is 0.340 e. The van der Waals surface area contributed by atoms with E-state index in [2.05, 4.69) is 5.32 Å². The molecular formula is C18H16N2O4S2. The van der Waals surface area contributed by atoms with Gasteiger partial charge in [0.05, 0.1) is 16.9 Å². The molecule has 134 valence electrons. The van der Waals surface area contributed by atoms with Gasteiger partial charge in [-0.25, -0.2) is 4.79 Å². The van der Waals surface area contributed by atoms with Gasteiger partial charge in [0.1, 0.15) is 16.9 Å². The van der Waals surface area contributed by atoms with Crippen LogP contribution >= 0.6 is 23.1 Å². The van der Waals surface area contributed by atoms with Gasteiger partial charge in [0.25, 0.3) is 5.91 Å². The van der Waals surface area contributed by atoms with Crippen LogP contribution in [-0.2, 0) is 14.3 Å². The smallest absolute Gasteiger partial charge is 0.340 e. The Balaban J connectivity index is 2.04. The van der Waals surface area contributed by atoms with Crippen LogP contribution in [0.2, 0.25) is 0 Å². The minimum Gasteiger partial charge on any atom is -0.449 e. The van der Waals surface area contributed by atoms with Crippen molar-refractivity contribution in [1.82, 2.24) is 0 Å². The van der Waals surface area contributed by atoms with E-state index in [-0.39, 0.29) is 11.5 Å². The van der Waals surface area contributed by atoms with Gasteiger partial charge in [-0.15, -0.1) is 23.1 Å². The first kappa shape index (κ1) is 19.7. The number of nitrogens with one attached hydrogen (secondary N) is 1. The van der Waals surface area contributed by atoms with Gasteiger partial charge in [-0.2, -0.15) is 5.26 Å². The number of ether oxygens (including phenoxy) is 1. The molecule has 0 spiro atoms. The summed E-state index contributed by atoms with van der Waals surface area (Å²) in [5, 5.41) is 13.7. The third-order valence-electron chi connectivity index (χ3n) is 3.21. The lowest BCUT2D eigenvalue weighted by molar-refractivity contribution is -0.123. The highest BCUT2D eigenvalue weighted by Crippen LogP contribution is 2.25. The Morgan fingerprint density at radius 3 is 2.73 bits per heavy atom. The number of thiophene rings is 1. The molecule has 8 heteroatoms. The zero-order chi connectivity index (χ0) is 19.1. The molecule has 2 aromatic rings. The Hall–Kier alpha value is -2.63. The lowest BCUT2D eigenvalue weighted by Gasteiger charge is -2.14. The summed E-state index contributed by atoms with van der Waals surface area (Å²) in [4.78, 5) is 36.4. The number of hydrogen-bond donors (Lipinski definition) is 1. The Labute approximate surface area is 159 Å². The van der Waals surface area contributed by atoms with E-state index in [1.807, 2.05) is 6.07 Å². The molecule has 0 aliphatic carbocycles. The van der Waals surface area contributed by atoms with Crippen LogP contribution in [0.4, 0.5) is 5.00 Å². The number of Topliss-reactive ketones (excluding diaryl/α,β-unsaturated/α-hetero) is 1. The summed E-state index contributed by atoms with van der Waals surface area (Å²) >= 11 is 2.46. The Morgan fingerprint density at radius 1 is 1.31 bits per heavy atom. The monoisotopic (exact) mass is 388 g/mol. The molecule has 2 rings (SSSR count). The van der Waals surface area contributed by atoms with Crippen molar-refractivity contribution >= 4 is 45.8 Å². The van der Waals surface area contributed by atoms with E-state index in [9.17, 15) is 14.4 Å². The van der Waals surface area contributed by atoms with Crippen LogP contribution in [0.25, 0.3) is 0 Å². The highest BCUT2D eigenvalue weighted by Gasteiger charge is 2.22. The SMILES string of the molecule is CC(=O)CSc1ccccc1C(=O)O[C@@H](C)C(=O)Nc1sccc1C#N. The number of carbonyl (C=O) groups excluding carboxylic acids is 3. The van der Waals surface area contributed by atoms with E-state index in [1.165, 1.54) is 36.9 Å². The molecule has 0 aliphatic heterocycles. The van der Waals surface area contributed by atoms with Crippen LogP contribution < -0.4 is 5.32 Å². The largest absolute Gasteiger partial charge is 0.449 e. The third kappa shape index (κ3) is 5.18.